The number of nitrogens with one attached hydrogen (secondary N) is 1. The first kappa shape index (κ1) is 13.6. The number of hydrogen-bond donors (Lipinski definition) is 1. The molecule has 1 atom stereocenters. The highest BCUT2D eigenvalue weighted by molar-refractivity contribution is 9.10. The Morgan fingerprint density at radius 2 is 2.00 bits per heavy atom. The summed E-state index contributed by atoms with van der Waals surface area (Å²) in [7, 11) is 0. The van der Waals surface area contributed by atoms with Gasteiger partial charge in [-0.3, -0.25) is 0 Å². The zero-order chi connectivity index (χ0) is 13.1. The highest BCUT2D eigenvalue weighted by Gasteiger charge is 2.06. The highest BCUT2D eigenvalue weighted by atomic mass is 79.9. The molecule has 1 N–H and O–H groups in total. The van der Waals surface area contributed by atoms with Gasteiger partial charge in [0.2, 0.25) is 0 Å². The van der Waals surface area contributed by atoms with Crippen molar-refractivity contribution in [1.29, 1.82) is 0 Å². The molecular weight excluding hydrogens is 356 g/mol. The fraction of sp³-hybridized carbons (Fsp3) is 0.214. The van der Waals surface area contributed by atoms with Crippen LogP contribution < -0.4 is 5.32 Å². The Morgan fingerprint density at radius 3 is 2.67 bits per heavy atom. The molecule has 0 aliphatic rings. The number of anilines is 1. The van der Waals surface area contributed by atoms with Gasteiger partial charge in [-0.1, -0.05) is 28.1 Å². The molecule has 0 radical (unpaired) electrons. The number of aromatic nitrogens is 1. The van der Waals surface area contributed by atoms with Gasteiger partial charge in [0.1, 0.15) is 4.60 Å². The van der Waals surface area contributed by atoms with Crippen LogP contribution in [0, 0.1) is 6.92 Å². The summed E-state index contributed by atoms with van der Waals surface area (Å²) in [6, 6.07) is 10.6. The van der Waals surface area contributed by atoms with Crippen molar-refractivity contribution in [3.8, 4) is 0 Å². The molecule has 4 heteroatoms. The van der Waals surface area contributed by atoms with Crippen LogP contribution in [0.2, 0.25) is 0 Å². The maximum absolute atomic E-state index is 4.29. The van der Waals surface area contributed by atoms with Gasteiger partial charge in [0.15, 0.2) is 0 Å². The summed E-state index contributed by atoms with van der Waals surface area (Å²) in [6.07, 6.45) is 1.84. The molecule has 1 unspecified atom stereocenters. The van der Waals surface area contributed by atoms with E-state index in [4.69, 9.17) is 0 Å². The number of benzene rings is 1. The first-order valence-corrected chi connectivity index (χ1v) is 7.29. The van der Waals surface area contributed by atoms with Gasteiger partial charge in [0, 0.05) is 10.5 Å². The van der Waals surface area contributed by atoms with Crippen molar-refractivity contribution in [3.63, 3.8) is 0 Å². The number of halogens is 2. The third-order valence-corrected chi connectivity index (χ3v) is 4.07. The lowest BCUT2D eigenvalue weighted by Crippen LogP contribution is -2.07. The van der Waals surface area contributed by atoms with Crippen LogP contribution in [0.15, 0.2) is 45.6 Å². The predicted molar refractivity (Wildman–Crippen MR) is 82.9 cm³/mol. The maximum Gasteiger partial charge on any atom is 0.109 e. The van der Waals surface area contributed by atoms with Gasteiger partial charge in [-0.15, -0.1) is 0 Å². The third kappa shape index (κ3) is 3.33. The second kappa shape index (κ2) is 5.85. The molecule has 2 nitrogen and oxygen atoms in total. The Bertz CT molecular complexity index is 555. The Kier molecular flexibility index (Phi) is 4.40. The fourth-order valence-corrected chi connectivity index (χ4v) is 2.38. The van der Waals surface area contributed by atoms with Gasteiger partial charge >= 0.3 is 0 Å². The Balaban J connectivity index is 2.16. The van der Waals surface area contributed by atoms with Crippen molar-refractivity contribution < 1.29 is 0 Å². The smallest absolute Gasteiger partial charge is 0.109 e. The van der Waals surface area contributed by atoms with Gasteiger partial charge in [-0.05, 0) is 59.1 Å². The predicted octanol–water partition coefficient (Wildman–Crippen LogP) is 5.09. The molecule has 0 aliphatic carbocycles. The largest absolute Gasteiger partial charge is 0.377 e. The third-order valence-electron chi connectivity index (χ3n) is 2.75. The molecule has 0 spiro atoms. The number of nitrogens with zero attached hydrogens (tertiary/aromatic N) is 1. The molecule has 0 aliphatic heterocycles. The van der Waals surface area contributed by atoms with E-state index in [9.17, 15) is 0 Å². The van der Waals surface area contributed by atoms with Crippen molar-refractivity contribution in [2.24, 2.45) is 0 Å². The molecule has 0 fully saturated rings. The highest BCUT2D eigenvalue weighted by Crippen LogP contribution is 2.23. The number of aryl methyl sites for hydroxylation is 1. The monoisotopic (exact) mass is 368 g/mol. The summed E-state index contributed by atoms with van der Waals surface area (Å²) in [5.74, 6) is 0. The van der Waals surface area contributed by atoms with Gasteiger partial charge in [0.05, 0.1) is 11.9 Å². The Morgan fingerprint density at radius 1 is 1.22 bits per heavy atom. The van der Waals surface area contributed by atoms with Crippen LogP contribution in [-0.4, -0.2) is 4.98 Å². The summed E-state index contributed by atoms with van der Waals surface area (Å²) in [5, 5.41) is 3.45. The van der Waals surface area contributed by atoms with E-state index in [-0.39, 0.29) is 6.04 Å². The van der Waals surface area contributed by atoms with E-state index < -0.39 is 0 Å². The average Bonchev–Trinajstić information content (AvgIpc) is 2.34. The van der Waals surface area contributed by atoms with Gasteiger partial charge in [0.25, 0.3) is 0 Å². The zero-order valence-corrected chi connectivity index (χ0v) is 13.4. The molecular formula is C14H14Br2N2. The molecule has 1 heterocycles. The van der Waals surface area contributed by atoms with Crippen LogP contribution in [0.3, 0.4) is 0 Å². The minimum absolute atomic E-state index is 0.241. The van der Waals surface area contributed by atoms with Crippen molar-refractivity contribution >= 4 is 37.5 Å². The molecule has 2 aromatic rings. The summed E-state index contributed by atoms with van der Waals surface area (Å²) in [4.78, 5) is 4.29. The maximum atomic E-state index is 4.29. The normalized spacial score (nSPS) is 12.2. The van der Waals surface area contributed by atoms with E-state index in [1.807, 2.05) is 25.3 Å². The lowest BCUT2D eigenvalue weighted by atomic mass is 10.1. The average molecular weight is 370 g/mol. The SMILES string of the molecule is Cc1cc(NC(C)c2cccc(Br)c2)cnc1Br. The Labute approximate surface area is 124 Å². The van der Waals surface area contributed by atoms with Crippen LogP contribution >= 0.6 is 31.9 Å². The van der Waals surface area contributed by atoms with Crippen LogP contribution in [0.4, 0.5) is 5.69 Å². The van der Waals surface area contributed by atoms with Crippen LogP contribution in [-0.2, 0) is 0 Å². The van der Waals surface area contributed by atoms with E-state index in [0.29, 0.717) is 0 Å². The van der Waals surface area contributed by atoms with Crippen molar-refractivity contribution in [3.05, 3.63) is 56.7 Å². The molecule has 2 rings (SSSR count). The molecule has 0 saturated heterocycles. The number of hydrogen-bond acceptors (Lipinski definition) is 2. The van der Waals surface area contributed by atoms with E-state index in [2.05, 4.69) is 67.3 Å². The van der Waals surface area contributed by atoms with Crippen molar-refractivity contribution in [1.82, 2.24) is 4.98 Å². The van der Waals surface area contributed by atoms with Crippen LogP contribution in [0.5, 0.6) is 0 Å². The molecule has 18 heavy (non-hydrogen) atoms. The topological polar surface area (TPSA) is 24.9 Å². The molecule has 0 bridgehead atoms. The summed E-state index contributed by atoms with van der Waals surface area (Å²) >= 11 is 6.90. The van der Waals surface area contributed by atoms with E-state index in [0.717, 1.165) is 20.3 Å². The van der Waals surface area contributed by atoms with Crippen molar-refractivity contribution in [2.75, 3.05) is 5.32 Å². The molecule has 1 aromatic heterocycles. The summed E-state index contributed by atoms with van der Waals surface area (Å²) in [5.41, 5.74) is 3.40. The second-order valence-electron chi connectivity index (χ2n) is 4.25. The van der Waals surface area contributed by atoms with E-state index in [1.165, 1.54) is 5.56 Å². The van der Waals surface area contributed by atoms with E-state index >= 15 is 0 Å². The van der Waals surface area contributed by atoms with Gasteiger partial charge in [-0.2, -0.15) is 0 Å². The molecule has 0 amide bonds. The minimum Gasteiger partial charge on any atom is -0.377 e. The molecule has 1 aromatic carbocycles. The summed E-state index contributed by atoms with van der Waals surface area (Å²) in [6.45, 7) is 4.17. The lowest BCUT2D eigenvalue weighted by molar-refractivity contribution is 0.881. The van der Waals surface area contributed by atoms with Crippen LogP contribution in [0.1, 0.15) is 24.1 Å². The zero-order valence-electron chi connectivity index (χ0n) is 10.2. The van der Waals surface area contributed by atoms with Gasteiger partial charge in [-0.25, -0.2) is 4.98 Å². The number of rotatable bonds is 3. The molecule has 94 valence electrons. The Hall–Kier alpha value is -0.870. The van der Waals surface area contributed by atoms with Gasteiger partial charge < -0.3 is 5.32 Å². The van der Waals surface area contributed by atoms with E-state index in [1.54, 1.807) is 0 Å². The standard InChI is InChI=1S/C14H14Br2N2/c1-9-6-13(8-17-14(9)16)18-10(2)11-4-3-5-12(15)7-11/h3-8,10,18H,1-2H3. The van der Waals surface area contributed by atoms with Crippen LogP contribution in [0.25, 0.3) is 0 Å². The lowest BCUT2D eigenvalue weighted by Gasteiger charge is -2.16. The fourth-order valence-electron chi connectivity index (χ4n) is 1.75. The molecule has 0 saturated carbocycles. The second-order valence-corrected chi connectivity index (χ2v) is 5.92. The first-order valence-electron chi connectivity index (χ1n) is 5.70. The summed E-state index contributed by atoms with van der Waals surface area (Å²) < 4.78 is 1.99. The quantitative estimate of drug-likeness (QED) is 0.762. The van der Waals surface area contributed by atoms with Crippen molar-refractivity contribution in [2.45, 2.75) is 19.9 Å². The first-order chi connectivity index (χ1) is 8.56. The number of pyridine rings is 1. The minimum atomic E-state index is 0.241.